The molecule has 0 spiro atoms. The van der Waals surface area contributed by atoms with Crippen LogP contribution in [0.2, 0.25) is 0 Å². The molecule has 0 aliphatic carbocycles. The van der Waals surface area contributed by atoms with Crippen molar-refractivity contribution >= 4 is 11.9 Å². The van der Waals surface area contributed by atoms with Gasteiger partial charge in [-0.3, -0.25) is 0 Å². The van der Waals surface area contributed by atoms with E-state index in [1.165, 1.54) is 11.6 Å². The number of ether oxygens (including phenoxy) is 1. The van der Waals surface area contributed by atoms with Gasteiger partial charge in [0, 0.05) is 6.08 Å². The van der Waals surface area contributed by atoms with Crippen molar-refractivity contribution < 1.29 is 14.3 Å². The average Bonchev–Trinajstić information content (AvgIpc) is 2.54. The first-order valence-corrected chi connectivity index (χ1v) is 5.46. The lowest BCUT2D eigenvalue weighted by molar-refractivity contribution is -0.150. The summed E-state index contributed by atoms with van der Waals surface area (Å²) < 4.78 is 4.36. The van der Waals surface area contributed by atoms with Gasteiger partial charge in [0.15, 0.2) is 0 Å². The van der Waals surface area contributed by atoms with Gasteiger partial charge in [0.2, 0.25) is 0 Å². The summed E-state index contributed by atoms with van der Waals surface area (Å²) in [6, 6.07) is 0. The van der Waals surface area contributed by atoms with E-state index in [2.05, 4.69) is 17.4 Å². The van der Waals surface area contributed by atoms with Crippen LogP contribution in [0.25, 0.3) is 0 Å². The van der Waals surface area contributed by atoms with Crippen LogP contribution in [0.4, 0.5) is 0 Å². The van der Waals surface area contributed by atoms with Crippen LogP contribution in [0, 0.1) is 0 Å². The standard InChI is InChI=1S/C14H16O3/c1-10(2)5-4-6-11(3)7-8-12-9-13(15)17-14(12)16/h5,7-9H,3-4,6H2,1-2H3/b8-7+. The van der Waals surface area contributed by atoms with E-state index in [9.17, 15) is 9.59 Å². The normalized spacial score (nSPS) is 14.8. The molecule has 0 saturated carbocycles. The highest BCUT2D eigenvalue weighted by Crippen LogP contribution is 2.12. The van der Waals surface area contributed by atoms with Gasteiger partial charge in [-0.05, 0) is 32.8 Å². The number of cyclic esters (lactones) is 2. The molecule has 0 fully saturated rings. The topological polar surface area (TPSA) is 43.4 Å². The summed E-state index contributed by atoms with van der Waals surface area (Å²) in [5, 5.41) is 0. The number of carbonyl (C=O) groups excluding carboxylic acids is 2. The Morgan fingerprint density at radius 1 is 1.41 bits per heavy atom. The lowest BCUT2D eigenvalue weighted by Gasteiger charge is -1.97. The van der Waals surface area contributed by atoms with Crippen LogP contribution >= 0.6 is 0 Å². The zero-order chi connectivity index (χ0) is 12.8. The first-order valence-electron chi connectivity index (χ1n) is 5.46. The number of allylic oxidation sites excluding steroid dienone is 4. The summed E-state index contributed by atoms with van der Waals surface area (Å²) in [4.78, 5) is 21.9. The van der Waals surface area contributed by atoms with Gasteiger partial charge in [-0.15, -0.1) is 0 Å². The van der Waals surface area contributed by atoms with Crippen molar-refractivity contribution in [1.82, 2.24) is 0 Å². The van der Waals surface area contributed by atoms with Crippen molar-refractivity contribution in [2.24, 2.45) is 0 Å². The largest absolute Gasteiger partial charge is 0.386 e. The molecular formula is C14H16O3. The van der Waals surface area contributed by atoms with E-state index in [4.69, 9.17) is 0 Å². The molecular weight excluding hydrogens is 216 g/mol. The fourth-order valence-corrected chi connectivity index (χ4v) is 1.32. The third-order valence-electron chi connectivity index (χ3n) is 2.22. The fraction of sp³-hybridized carbons (Fsp3) is 0.286. The molecule has 0 radical (unpaired) electrons. The molecule has 1 heterocycles. The maximum Gasteiger partial charge on any atom is 0.346 e. The molecule has 0 aromatic rings. The molecule has 0 bridgehead atoms. The molecule has 0 atom stereocenters. The summed E-state index contributed by atoms with van der Waals surface area (Å²) in [7, 11) is 0. The van der Waals surface area contributed by atoms with Gasteiger partial charge in [0.1, 0.15) is 0 Å². The number of hydrogen-bond donors (Lipinski definition) is 0. The van der Waals surface area contributed by atoms with Crippen LogP contribution in [-0.4, -0.2) is 11.9 Å². The van der Waals surface area contributed by atoms with Crippen molar-refractivity contribution in [3.63, 3.8) is 0 Å². The van der Waals surface area contributed by atoms with E-state index in [-0.39, 0.29) is 5.57 Å². The lowest BCUT2D eigenvalue weighted by atomic mass is 10.1. The highest BCUT2D eigenvalue weighted by atomic mass is 16.6. The predicted molar refractivity (Wildman–Crippen MR) is 66.1 cm³/mol. The van der Waals surface area contributed by atoms with Crippen molar-refractivity contribution in [2.75, 3.05) is 0 Å². The molecule has 0 aromatic heterocycles. The van der Waals surface area contributed by atoms with E-state index in [1.54, 1.807) is 12.2 Å². The number of rotatable bonds is 5. The van der Waals surface area contributed by atoms with E-state index in [0.717, 1.165) is 18.4 Å². The van der Waals surface area contributed by atoms with Gasteiger partial charge >= 0.3 is 11.9 Å². The number of hydrogen-bond acceptors (Lipinski definition) is 3. The second-order valence-corrected chi connectivity index (χ2v) is 4.12. The zero-order valence-corrected chi connectivity index (χ0v) is 10.2. The molecule has 3 nitrogen and oxygen atoms in total. The molecule has 17 heavy (non-hydrogen) atoms. The first-order chi connectivity index (χ1) is 7.99. The average molecular weight is 232 g/mol. The summed E-state index contributed by atoms with van der Waals surface area (Å²) in [5.41, 5.74) is 2.46. The zero-order valence-electron chi connectivity index (χ0n) is 10.2. The van der Waals surface area contributed by atoms with E-state index >= 15 is 0 Å². The maximum absolute atomic E-state index is 11.1. The third-order valence-corrected chi connectivity index (χ3v) is 2.22. The van der Waals surface area contributed by atoms with E-state index in [0.29, 0.717) is 0 Å². The second kappa shape index (κ2) is 5.99. The SMILES string of the molecule is C=C(/C=C/C1=CC(=O)OC1=O)CCC=C(C)C. The molecule has 1 aliphatic heterocycles. The van der Waals surface area contributed by atoms with Crippen LogP contribution in [0.1, 0.15) is 26.7 Å². The summed E-state index contributed by atoms with van der Waals surface area (Å²) >= 11 is 0. The van der Waals surface area contributed by atoms with Crippen LogP contribution in [-0.2, 0) is 14.3 Å². The van der Waals surface area contributed by atoms with E-state index in [1.807, 2.05) is 13.8 Å². The minimum atomic E-state index is -0.607. The highest BCUT2D eigenvalue weighted by Gasteiger charge is 2.20. The smallest absolute Gasteiger partial charge is 0.346 e. The summed E-state index contributed by atoms with van der Waals surface area (Å²) in [5.74, 6) is -1.20. The Labute approximate surface area is 101 Å². The Morgan fingerprint density at radius 2 is 2.12 bits per heavy atom. The van der Waals surface area contributed by atoms with Gasteiger partial charge in [-0.2, -0.15) is 0 Å². The van der Waals surface area contributed by atoms with Crippen LogP contribution < -0.4 is 0 Å². The fourth-order valence-electron chi connectivity index (χ4n) is 1.32. The summed E-state index contributed by atoms with van der Waals surface area (Å²) in [6.45, 7) is 7.97. The number of carbonyl (C=O) groups is 2. The van der Waals surface area contributed by atoms with Gasteiger partial charge < -0.3 is 4.74 Å². The van der Waals surface area contributed by atoms with Crippen molar-refractivity contribution in [2.45, 2.75) is 26.7 Å². The monoisotopic (exact) mass is 232 g/mol. The highest BCUT2D eigenvalue weighted by molar-refractivity contribution is 6.10. The van der Waals surface area contributed by atoms with Crippen molar-refractivity contribution in [1.29, 1.82) is 0 Å². The number of esters is 2. The predicted octanol–water partition coefficient (Wildman–Crippen LogP) is 2.86. The maximum atomic E-state index is 11.1. The van der Waals surface area contributed by atoms with Crippen LogP contribution in [0.15, 0.2) is 47.6 Å². The molecule has 0 aromatic carbocycles. The molecule has 0 N–H and O–H groups in total. The molecule has 1 aliphatic rings. The quantitative estimate of drug-likeness (QED) is 0.317. The van der Waals surface area contributed by atoms with Crippen molar-refractivity contribution in [3.8, 4) is 0 Å². The Kier molecular flexibility index (Phi) is 4.64. The Morgan fingerprint density at radius 3 is 2.65 bits per heavy atom. The molecule has 90 valence electrons. The van der Waals surface area contributed by atoms with E-state index < -0.39 is 11.9 Å². The van der Waals surface area contributed by atoms with Crippen LogP contribution in [0.5, 0.6) is 0 Å². The van der Waals surface area contributed by atoms with Gasteiger partial charge in [0.25, 0.3) is 0 Å². The minimum absolute atomic E-state index is 0.276. The van der Waals surface area contributed by atoms with Gasteiger partial charge in [-0.25, -0.2) is 9.59 Å². The molecule has 0 unspecified atom stereocenters. The molecule has 3 heteroatoms. The Bertz CT molecular complexity index is 432. The summed E-state index contributed by atoms with van der Waals surface area (Å²) in [6.07, 6.45) is 8.38. The second-order valence-electron chi connectivity index (χ2n) is 4.12. The van der Waals surface area contributed by atoms with Gasteiger partial charge in [0.05, 0.1) is 5.57 Å². The molecule has 0 saturated heterocycles. The lowest BCUT2D eigenvalue weighted by Crippen LogP contribution is -2.00. The first kappa shape index (κ1) is 13.2. The molecule has 1 rings (SSSR count). The Hall–Kier alpha value is -1.90. The van der Waals surface area contributed by atoms with Gasteiger partial charge in [-0.1, -0.05) is 29.9 Å². The molecule has 0 amide bonds. The third kappa shape index (κ3) is 4.64. The van der Waals surface area contributed by atoms with Crippen molar-refractivity contribution in [3.05, 3.63) is 47.6 Å². The van der Waals surface area contributed by atoms with Crippen LogP contribution in [0.3, 0.4) is 0 Å². The Balaban J connectivity index is 2.46. The minimum Gasteiger partial charge on any atom is -0.386 e.